The summed E-state index contributed by atoms with van der Waals surface area (Å²) >= 11 is 0. The van der Waals surface area contributed by atoms with Gasteiger partial charge in [0.25, 0.3) is 0 Å². The van der Waals surface area contributed by atoms with Gasteiger partial charge < -0.3 is 49.7 Å². The van der Waals surface area contributed by atoms with E-state index in [0.717, 1.165) is 40.8 Å². The number of likely N-dealkylation sites (tertiary alicyclic amines) is 2. The van der Waals surface area contributed by atoms with Crippen LogP contribution in [-0.4, -0.2) is 122 Å². The first kappa shape index (κ1) is 42.6. The third-order valence-electron chi connectivity index (χ3n) is 12.5. The summed E-state index contributed by atoms with van der Waals surface area (Å²) in [7, 11) is 2.57. The monoisotopic (exact) mass is 827 g/mol. The lowest BCUT2D eigenvalue weighted by molar-refractivity contribution is -0.141. The van der Waals surface area contributed by atoms with Gasteiger partial charge in [-0.25, -0.2) is 14.6 Å². The fourth-order valence-corrected chi connectivity index (χ4v) is 9.06. The highest BCUT2D eigenvalue weighted by atomic mass is 16.5. The molecular weight excluding hydrogens is 771 g/mol. The molecule has 4 aliphatic heterocycles. The van der Waals surface area contributed by atoms with E-state index in [-0.39, 0.29) is 41.6 Å². The summed E-state index contributed by atoms with van der Waals surface area (Å²) in [6.45, 7) is 5.08. The van der Waals surface area contributed by atoms with Gasteiger partial charge in [-0.15, -0.1) is 0 Å². The molecule has 5 amide bonds. The number of methoxy groups -OCH3 is 2. The van der Waals surface area contributed by atoms with Gasteiger partial charge in [-0.05, 0) is 92.4 Å². The molecule has 0 aliphatic carbocycles. The number of hydrogen-bond acceptors (Lipinski definition) is 10. The third-order valence-corrected chi connectivity index (χ3v) is 12.5. The number of carbonyl (C=O) groups is 5. The van der Waals surface area contributed by atoms with E-state index in [1.807, 2.05) is 60.4 Å². The molecule has 1 aromatic heterocycles. The van der Waals surface area contributed by atoms with Crippen LogP contribution in [0.1, 0.15) is 81.8 Å². The third kappa shape index (κ3) is 9.76. The van der Waals surface area contributed by atoms with Gasteiger partial charge in [0.1, 0.15) is 23.9 Å². The lowest BCUT2D eigenvalue weighted by Gasteiger charge is -2.34. The fraction of sp³-hybridized carbons (Fsp3) is 0.545. The van der Waals surface area contributed by atoms with Crippen molar-refractivity contribution in [2.75, 3.05) is 53.7 Å². The Labute approximate surface area is 350 Å². The molecule has 4 fully saturated rings. The number of hydrogen-bond donors (Lipinski definition) is 4. The molecule has 0 radical (unpaired) electrons. The molecular formula is C44H57N7O9. The summed E-state index contributed by atoms with van der Waals surface area (Å²) in [5, 5.41) is 8.65. The Morgan fingerprint density at radius 1 is 0.683 bits per heavy atom. The predicted molar refractivity (Wildman–Crippen MR) is 220 cm³/mol. The van der Waals surface area contributed by atoms with Crippen LogP contribution in [0.4, 0.5) is 9.59 Å². The maximum Gasteiger partial charge on any atom is 0.407 e. The van der Waals surface area contributed by atoms with E-state index in [2.05, 4.69) is 20.9 Å². The van der Waals surface area contributed by atoms with Gasteiger partial charge in [-0.3, -0.25) is 14.4 Å². The SMILES string of the molecule is COC(=O)N[C@H](C(=O)N1CCC[C@H]1C(=O)N[C@@H](C)c1ccc(-c2ccc(-c3cnc([C@@H]4CCCN4C(=O)[C@@H](NC(=O)OC)C4CCOCC4)[nH]3)cc2)cc1)C1CCOCC1. The number of H-pyrrole nitrogens is 1. The van der Waals surface area contributed by atoms with Crippen molar-refractivity contribution in [2.24, 2.45) is 11.8 Å². The second kappa shape index (κ2) is 19.7. The molecule has 5 heterocycles. The fourth-order valence-electron chi connectivity index (χ4n) is 9.06. The number of rotatable bonds is 12. The van der Waals surface area contributed by atoms with Crippen molar-refractivity contribution in [1.29, 1.82) is 0 Å². The van der Waals surface area contributed by atoms with Gasteiger partial charge in [0.05, 0.1) is 38.2 Å². The quantitative estimate of drug-likeness (QED) is 0.196. The Balaban J connectivity index is 0.960. The number of imidazole rings is 1. The smallest absolute Gasteiger partial charge is 0.407 e. The molecule has 60 heavy (non-hydrogen) atoms. The Hall–Kier alpha value is -5.48. The molecule has 2 aromatic carbocycles. The van der Waals surface area contributed by atoms with Crippen molar-refractivity contribution in [3.63, 3.8) is 0 Å². The van der Waals surface area contributed by atoms with E-state index in [9.17, 15) is 24.0 Å². The second-order valence-corrected chi connectivity index (χ2v) is 16.1. The second-order valence-electron chi connectivity index (χ2n) is 16.1. The molecule has 4 saturated heterocycles. The van der Waals surface area contributed by atoms with E-state index >= 15 is 0 Å². The van der Waals surface area contributed by atoms with Gasteiger partial charge in [0, 0.05) is 39.5 Å². The Morgan fingerprint density at radius 2 is 1.18 bits per heavy atom. The number of carbonyl (C=O) groups excluding carboxylic acids is 5. The number of ether oxygens (including phenoxy) is 4. The predicted octanol–water partition coefficient (Wildman–Crippen LogP) is 4.88. The Morgan fingerprint density at radius 3 is 1.75 bits per heavy atom. The molecule has 0 spiro atoms. The van der Waals surface area contributed by atoms with E-state index in [1.54, 1.807) is 11.1 Å². The molecule has 0 saturated carbocycles. The molecule has 5 atom stereocenters. The maximum absolute atomic E-state index is 13.9. The van der Waals surface area contributed by atoms with Crippen LogP contribution in [-0.2, 0) is 33.3 Å². The van der Waals surface area contributed by atoms with Crippen LogP contribution < -0.4 is 16.0 Å². The molecule has 0 bridgehead atoms. The molecule has 322 valence electrons. The van der Waals surface area contributed by atoms with Crippen LogP contribution in [0.3, 0.4) is 0 Å². The number of nitrogens with one attached hydrogen (secondary N) is 4. The highest BCUT2D eigenvalue weighted by molar-refractivity contribution is 5.92. The van der Waals surface area contributed by atoms with Gasteiger partial charge in [-0.1, -0.05) is 48.5 Å². The Bertz CT molecular complexity index is 1960. The van der Waals surface area contributed by atoms with Crippen LogP contribution in [0.5, 0.6) is 0 Å². The summed E-state index contributed by atoms with van der Waals surface area (Å²) in [5.41, 5.74) is 4.75. The normalized spacial score (nSPS) is 21.4. The first-order chi connectivity index (χ1) is 29.1. The Kier molecular flexibility index (Phi) is 14.0. The summed E-state index contributed by atoms with van der Waals surface area (Å²) in [4.78, 5) is 77.5. The molecule has 16 heteroatoms. The van der Waals surface area contributed by atoms with Crippen molar-refractivity contribution < 1.29 is 42.9 Å². The van der Waals surface area contributed by atoms with E-state index in [1.165, 1.54) is 14.2 Å². The summed E-state index contributed by atoms with van der Waals surface area (Å²) in [6, 6.07) is 13.6. The molecule has 7 rings (SSSR count). The number of aromatic nitrogens is 2. The lowest BCUT2D eigenvalue weighted by atomic mass is 9.90. The first-order valence-electron chi connectivity index (χ1n) is 21.2. The average Bonchev–Trinajstić information content (AvgIpc) is 4.10. The summed E-state index contributed by atoms with van der Waals surface area (Å²) in [5.74, 6) is -0.0421. The number of nitrogens with zero attached hydrogens (tertiary/aromatic N) is 3. The van der Waals surface area contributed by atoms with Gasteiger partial charge in [0.2, 0.25) is 17.7 Å². The van der Waals surface area contributed by atoms with E-state index < -0.39 is 30.3 Å². The van der Waals surface area contributed by atoms with Gasteiger partial charge in [-0.2, -0.15) is 0 Å². The van der Waals surface area contributed by atoms with Crippen molar-refractivity contribution >= 4 is 29.9 Å². The summed E-state index contributed by atoms with van der Waals surface area (Å²) < 4.78 is 20.7. The molecule has 4 aliphatic rings. The summed E-state index contributed by atoms with van der Waals surface area (Å²) in [6.07, 6.45) is 5.98. The standard InChI is InChI=1S/C44H57N7O9/c1-27(46-40(52)36-7-5-21-51(36)42(54)38(49-44(56)58-3)33-18-24-60-25-19-33)28-8-10-29(11-9-28)30-12-14-31(15-13-30)34-26-45-39(47-34)35-6-4-20-50(35)41(53)37(48-43(55)57-2)32-16-22-59-23-17-32/h8-15,26-27,32-33,35-38H,4-7,16-25H2,1-3H3,(H,45,47)(H,46,52)(H,48,55)(H,49,56)/t27-,35-,36-,37-,38-/m0/s1. The highest BCUT2D eigenvalue weighted by Gasteiger charge is 2.42. The van der Waals surface area contributed by atoms with Crippen LogP contribution in [0, 0.1) is 11.8 Å². The topological polar surface area (TPSA) is 194 Å². The highest BCUT2D eigenvalue weighted by Crippen LogP contribution is 2.34. The van der Waals surface area contributed by atoms with Crippen LogP contribution in [0.15, 0.2) is 54.7 Å². The minimum Gasteiger partial charge on any atom is -0.453 e. The maximum atomic E-state index is 13.9. The van der Waals surface area contributed by atoms with Crippen LogP contribution in [0.2, 0.25) is 0 Å². The number of alkyl carbamates (subject to hydrolysis) is 2. The molecule has 4 N–H and O–H groups in total. The minimum absolute atomic E-state index is 0.0368. The lowest BCUT2D eigenvalue weighted by Crippen LogP contribution is -2.56. The van der Waals surface area contributed by atoms with E-state index in [0.29, 0.717) is 83.9 Å². The van der Waals surface area contributed by atoms with Crippen molar-refractivity contribution in [2.45, 2.75) is 88.5 Å². The van der Waals surface area contributed by atoms with Gasteiger partial charge >= 0.3 is 12.2 Å². The van der Waals surface area contributed by atoms with Crippen LogP contribution in [0.25, 0.3) is 22.4 Å². The zero-order chi connectivity index (χ0) is 42.2. The molecule has 16 nitrogen and oxygen atoms in total. The van der Waals surface area contributed by atoms with Crippen molar-refractivity contribution in [3.8, 4) is 22.4 Å². The van der Waals surface area contributed by atoms with E-state index in [4.69, 9.17) is 23.9 Å². The van der Waals surface area contributed by atoms with Crippen molar-refractivity contribution in [1.82, 2.24) is 35.7 Å². The zero-order valence-corrected chi connectivity index (χ0v) is 34.7. The van der Waals surface area contributed by atoms with Crippen LogP contribution >= 0.6 is 0 Å². The average molecular weight is 828 g/mol. The van der Waals surface area contributed by atoms with Gasteiger partial charge in [0.15, 0.2) is 0 Å². The van der Waals surface area contributed by atoms with Crippen molar-refractivity contribution in [3.05, 3.63) is 66.1 Å². The molecule has 3 aromatic rings. The first-order valence-corrected chi connectivity index (χ1v) is 21.2. The molecule has 0 unspecified atom stereocenters. The number of amides is 5. The number of benzene rings is 2. The number of aromatic amines is 1. The minimum atomic E-state index is -0.786. The largest absolute Gasteiger partial charge is 0.453 e. The zero-order valence-electron chi connectivity index (χ0n) is 34.7.